The van der Waals surface area contributed by atoms with Crippen LogP contribution in [0.1, 0.15) is 10.5 Å². The molecule has 0 unspecified atom stereocenters. The normalized spacial score (nSPS) is 9.73. The maximum absolute atomic E-state index is 11.1. The first-order chi connectivity index (χ1) is 7.08. The summed E-state index contributed by atoms with van der Waals surface area (Å²) in [6.07, 6.45) is 1.40. The Hall–Kier alpha value is -2.05. The van der Waals surface area contributed by atoms with Crippen molar-refractivity contribution in [1.82, 2.24) is 15.1 Å². The van der Waals surface area contributed by atoms with Gasteiger partial charge >= 0.3 is 5.97 Å². The van der Waals surface area contributed by atoms with Gasteiger partial charge < -0.3 is 15.8 Å². The fraction of sp³-hybridized carbons (Fsp3) is 0.375. The molecule has 0 bridgehead atoms. The number of hydrogen-bond donors (Lipinski definition) is 2. The van der Waals surface area contributed by atoms with Gasteiger partial charge in [-0.2, -0.15) is 5.10 Å². The molecule has 0 saturated carbocycles. The molecule has 3 N–H and O–H groups in total. The molecule has 15 heavy (non-hydrogen) atoms. The number of carbonyl (C=O) groups is 2. The molecule has 1 rings (SSSR count). The van der Waals surface area contributed by atoms with Crippen LogP contribution < -0.4 is 11.1 Å². The highest BCUT2D eigenvalue weighted by atomic mass is 16.5. The van der Waals surface area contributed by atoms with Gasteiger partial charge in [-0.15, -0.1) is 0 Å². The van der Waals surface area contributed by atoms with Gasteiger partial charge in [0.15, 0.2) is 5.69 Å². The number of anilines is 1. The number of carbonyl (C=O) groups excluding carboxylic acids is 2. The second kappa shape index (κ2) is 4.45. The highest BCUT2D eigenvalue weighted by Gasteiger charge is 2.15. The zero-order valence-electron chi connectivity index (χ0n) is 8.48. The van der Waals surface area contributed by atoms with Crippen LogP contribution >= 0.6 is 0 Å². The van der Waals surface area contributed by atoms with Crippen LogP contribution in [0, 0.1) is 0 Å². The summed E-state index contributed by atoms with van der Waals surface area (Å²) in [5.41, 5.74) is 5.72. The minimum Gasteiger partial charge on any atom is -0.464 e. The fourth-order valence-corrected chi connectivity index (χ4v) is 0.999. The molecule has 7 heteroatoms. The number of likely N-dealkylation sites (N-methyl/N-ethyl adjacent to an activating group) is 1. The molecule has 0 saturated heterocycles. The summed E-state index contributed by atoms with van der Waals surface area (Å²) in [6, 6.07) is 0. The summed E-state index contributed by atoms with van der Waals surface area (Å²) in [5, 5.41) is 6.25. The van der Waals surface area contributed by atoms with E-state index in [0.717, 1.165) is 0 Å². The van der Waals surface area contributed by atoms with Crippen molar-refractivity contribution in [2.75, 3.05) is 19.9 Å². The van der Waals surface area contributed by atoms with Gasteiger partial charge in [0.2, 0.25) is 5.91 Å². The Morgan fingerprint density at radius 2 is 2.33 bits per heavy atom. The zero-order valence-corrected chi connectivity index (χ0v) is 8.48. The Kier molecular flexibility index (Phi) is 3.27. The quantitative estimate of drug-likeness (QED) is 0.626. The summed E-state index contributed by atoms with van der Waals surface area (Å²) in [4.78, 5) is 22.1. The summed E-state index contributed by atoms with van der Waals surface area (Å²) >= 11 is 0. The van der Waals surface area contributed by atoms with E-state index in [4.69, 9.17) is 5.73 Å². The van der Waals surface area contributed by atoms with E-state index in [0.29, 0.717) is 0 Å². The van der Waals surface area contributed by atoms with Gasteiger partial charge in [0.1, 0.15) is 6.54 Å². The van der Waals surface area contributed by atoms with Crippen LogP contribution in [0.5, 0.6) is 0 Å². The monoisotopic (exact) mass is 212 g/mol. The van der Waals surface area contributed by atoms with Crippen molar-refractivity contribution in [3.8, 4) is 0 Å². The molecule has 82 valence electrons. The van der Waals surface area contributed by atoms with Crippen molar-refractivity contribution < 1.29 is 14.3 Å². The van der Waals surface area contributed by atoms with Gasteiger partial charge in [0.25, 0.3) is 0 Å². The number of ether oxygens (including phenoxy) is 1. The first-order valence-electron chi connectivity index (χ1n) is 4.20. The average molecular weight is 212 g/mol. The predicted molar refractivity (Wildman–Crippen MR) is 52.0 cm³/mol. The van der Waals surface area contributed by atoms with Crippen molar-refractivity contribution in [1.29, 1.82) is 0 Å². The molecule has 0 aliphatic rings. The second-order valence-corrected chi connectivity index (χ2v) is 2.80. The predicted octanol–water partition coefficient (Wildman–Crippen LogP) is -1.00. The van der Waals surface area contributed by atoms with Crippen molar-refractivity contribution in [2.45, 2.75) is 6.54 Å². The third-order valence-electron chi connectivity index (χ3n) is 1.75. The number of methoxy groups -OCH3 is 1. The molecular weight excluding hydrogens is 200 g/mol. The lowest BCUT2D eigenvalue weighted by atomic mass is 10.4. The number of nitrogens with two attached hydrogens (primary N) is 1. The maximum Gasteiger partial charge on any atom is 0.360 e. The van der Waals surface area contributed by atoms with E-state index < -0.39 is 5.97 Å². The number of nitrogen functional groups attached to an aromatic ring is 1. The van der Waals surface area contributed by atoms with Crippen LogP contribution in [0.4, 0.5) is 5.69 Å². The first kappa shape index (κ1) is 11.0. The topological polar surface area (TPSA) is 99.2 Å². The molecular formula is C8H12N4O3. The molecule has 1 aromatic heterocycles. The highest BCUT2D eigenvalue weighted by molar-refractivity contribution is 5.92. The summed E-state index contributed by atoms with van der Waals surface area (Å²) in [6.45, 7) is 0.0116. The van der Waals surface area contributed by atoms with Gasteiger partial charge in [-0.05, 0) is 0 Å². The second-order valence-electron chi connectivity index (χ2n) is 2.80. The summed E-state index contributed by atoms with van der Waals surface area (Å²) in [7, 11) is 2.75. The van der Waals surface area contributed by atoms with Crippen molar-refractivity contribution >= 4 is 17.6 Å². The van der Waals surface area contributed by atoms with E-state index in [2.05, 4.69) is 15.2 Å². The lowest BCUT2D eigenvalue weighted by Crippen LogP contribution is -2.23. The summed E-state index contributed by atoms with van der Waals surface area (Å²) < 4.78 is 5.74. The van der Waals surface area contributed by atoms with Gasteiger partial charge in [-0.25, -0.2) is 4.79 Å². The van der Waals surface area contributed by atoms with Crippen LogP contribution in [0.2, 0.25) is 0 Å². The van der Waals surface area contributed by atoms with E-state index in [1.165, 1.54) is 25.0 Å². The third-order valence-corrected chi connectivity index (χ3v) is 1.75. The van der Waals surface area contributed by atoms with Crippen LogP contribution in [0.15, 0.2) is 6.20 Å². The lowest BCUT2D eigenvalue weighted by Gasteiger charge is -1.98. The van der Waals surface area contributed by atoms with Crippen molar-refractivity contribution in [2.24, 2.45) is 0 Å². The molecule has 1 heterocycles. The first-order valence-corrected chi connectivity index (χ1v) is 4.20. The van der Waals surface area contributed by atoms with E-state index in [1.807, 2.05) is 0 Å². The van der Waals surface area contributed by atoms with Gasteiger partial charge in [0.05, 0.1) is 12.8 Å². The van der Waals surface area contributed by atoms with Crippen LogP contribution in [-0.4, -0.2) is 35.8 Å². The van der Waals surface area contributed by atoms with Gasteiger partial charge in [0, 0.05) is 13.2 Å². The van der Waals surface area contributed by atoms with Gasteiger partial charge in [-0.3, -0.25) is 9.48 Å². The number of aromatic nitrogens is 2. The molecule has 7 nitrogen and oxygen atoms in total. The van der Waals surface area contributed by atoms with Crippen LogP contribution in [-0.2, 0) is 16.1 Å². The molecule has 0 radical (unpaired) electrons. The Labute approximate surface area is 86.2 Å². The SMILES string of the molecule is CNC(=O)Cn1cc(N)c(C(=O)OC)n1. The average Bonchev–Trinajstić information content (AvgIpc) is 2.58. The maximum atomic E-state index is 11.1. The van der Waals surface area contributed by atoms with Crippen LogP contribution in [0.25, 0.3) is 0 Å². The van der Waals surface area contributed by atoms with E-state index in [1.54, 1.807) is 0 Å². The molecule has 0 atom stereocenters. The number of rotatable bonds is 3. The van der Waals surface area contributed by atoms with E-state index >= 15 is 0 Å². The number of nitrogens with zero attached hydrogens (tertiary/aromatic N) is 2. The molecule has 1 amide bonds. The van der Waals surface area contributed by atoms with Crippen molar-refractivity contribution in [3.05, 3.63) is 11.9 Å². The minimum atomic E-state index is -0.622. The molecule has 1 aromatic rings. The smallest absolute Gasteiger partial charge is 0.360 e. The van der Waals surface area contributed by atoms with Crippen LogP contribution in [0.3, 0.4) is 0 Å². The largest absolute Gasteiger partial charge is 0.464 e. The third kappa shape index (κ3) is 2.46. The Balaban J connectivity index is 2.86. The number of nitrogens with one attached hydrogen (secondary N) is 1. The number of amides is 1. The number of esters is 1. The zero-order chi connectivity index (χ0) is 11.4. The highest BCUT2D eigenvalue weighted by Crippen LogP contribution is 2.09. The Bertz CT molecular complexity index is 385. The van der Waals surface area contributed by atoms with Gasteiger partial charge in [-0.1, -0.05) is 0 Å². The molecule has 0 spiro atoms. The van der Waals surface area contributed by atoms with E-state index in [-0.39, 0.29) is 23.8 Å². The standard InChI is InChI=1S/C8H12N4O3/c1-10-6(13)4-12-3-5(9)7(11-12)8(14)15-2/h3H,4,9H2,1-2H3,(H,10,13). The molecule has 0 aliphatic heterocycles. The Morgan fingerprint density at radius 1 is 1.67 bits per heavy atom. The number of hydrogen-bond acceptors (Lipinski definition) is 5. The van der Waals surface area contributed by atoms with Crippen molar-refractivity contribution in [3.63, 3.8) is 0 Å². The molecule has 0 aromatic carbocycles. The lowest BCUT2D eigenvalue weighted by molar-refractivity contribution is -0.121. The fourth-order valence-electron chi connectivity index (χ4n) is 0.999. The molecule has 0 fully saturated rings. The Morgan fingerprint density at radius 3 is 2.87 bits per heavy atom. The van der Waals surface area contributed by atoms with E-state index in [9.17, 15) is 9.59 Å². The molecule has 0 aliphatic carbocycles. The summed E-state index contributed by atoms with van der Waals surface area (Å²) in [5.74, 6) is -0.850. The minimum absolute atomic E-state index is 0.0116.